The predicted octanol–water partition coefficient (Wildman–Crippen LogP) is 3.71. The van der Waals surface area contributed by atoms with E-state index in [4.69, 9.17) is 4.74 Å². The first-order chi connectivity index (χ1) is 12.2. The zero-order valence-electron chi connectivity index (χ0n) is 15.2. The molecule has 1 atom stereocenters. The first-order valence-electron chi connectivity index (χ1n) is 9.64. The van der Waals surface area contributed by atoms with Crippen molar-refractivity contribution >= 4 is 5.91 Å². The van der Waals surface area contributed by atoms with Gasteiger partial charge in [0.25, 0.3) is 5.91 Å². The molecule has 1 amide bonds. The normalized spacial score (nSPS) is 21.0. The molecule has 0 aliphatic carbocycles. The third-order valence-corrected chi connectivity index (χ3v) is 5.24. The van der Waals surface area contributed by atoms with Crippen molar-refractivity contribution in [2.45, 2.75) is 51.5 Å². The summed E-state index contributed by atoms with van der Waals surface area (Å²) in [4.78, 5) is 17.2. The number of unbranched alkanes of at least 4 members (excludes halogenated alkanes) is 1. The highest BCUT2D eigenvalue weighted by Crippen LogP contribution is 2.25. The molecule has 138 valence electrons. The second-order valence-corrected chi connectivity index (χ2v) is 7.15. The van der Waals surface area contributed by atoms with E-state index in [-0.39, 0.29) is 17.7 Å². The molecule has 2 saturated heterocycles. The van der Waals surface area contributed by atoms with Crippen LogP contribution in [0, 0.1) is 5.82 Å². The molecule has 2 fully saturated rings. The maximum absolute atomic E-state index is 14.2. The number of benzene rings is 1. The number of nitrogens with zero attached hydrogens (tertiary/aromatic N) is 2. The summed E-state index contributed by atoms with van der Waals surface area (Å²) < 4.78 is 19.7. The third kappa shape index (κ3) is 4.51. The smallest absolute Gasteiger partial charge is 0.254 e. The van der Waals surface area contributed by atoms with Crippen LogP contribution < -0.4 is 4.74 Å². The second-order valence-electron chi connectivity index (χ2n) is 7.15. The second kappa shape index (κ2) is 8.65. The first-order valence-corrected chi connectivity index (χ1v) is 9.64. The Hall–Kier alpha value is -1.62. The van der Waals surface area contributed by atoms with Crippen molar-refractivity contribution in [2.75, 3.05) is 32.8 Å². The molecular formula is C20H29FN2O2. The molecule has 2 aliphatic rings. The van der Waals surface area contributed by atoms with Gasteiger partial charge in [0.2, 0.25) is 0 Å². The minimum absolute atomic E-state index is 0.0549. The monoisotopic (exact) mass is 348 g/mol. The van der Waals surface area contributed by atoms with E-state index in [0.717, 1.165) is 51.9 Å². The van der Waals surface area contributed by atoms with E-state index in [2.05, 4.69) is 11.8 Å². The lowest BCUT2D eigenvalue weighted by molar-refractivity contribution is 0.0708. The van der Waals surface area contributed by atoms with Crippen molar-refractivity contribution in [1.82, 2.24) is 9.80 Å². The highest BCUT2D eigenvalue weighted by molar-refractivity contribution is 5.94. The van der Waals surface area contributed by atoms with Crippen LogP contribution >= 0.6 is 0 Å². The van der Waals surface area contributed by atoms with E-state index in [0.29, 0.717) is 12.2 Å². The number of amides is 1. The lowest BCUT2D eigenvalue weighted by Gasteiger charge is -2.28. The number of rotatable bonds is 7. The number of carbonyl (C=O) groups excluding carboxylic acids is 1. The Balaban J connectivity index is 1.63. The van der Waals surface area contributed by atoms with Crippen LogP contribution in [-0.4, -0.2) is 54.5 Å². The van der Waals surface area contributed by atoms with Crippen molar-refractivity contribution < 1.29 is 13.9 Å². The summed E-state index contributed by atoms with van der Waals surface area (Å²) in [6.45, 7) is 6.56. The predicted molar refractivity (Wildman–Crippen MR) is 96.5 cm³/mol. The Bertz CT molecular complexity index is 587. The number of ether oxygens (including phenoxy) is 1. The highest BCUT2D eigenvalue weighted by Gasteiger charge is 2.31. The lowest BCUT2D eigenvalue weighted by Crippen LogP contribution is -2.42. The summed E-state index contributed by atoms with van der Waals surface area (Å²) >= 11 is 0. The van der Waals surface area contributed by atoms with E-state index < -0.39 is 5.82 Å². The molecule has 3 rings (SSSR count). The summed E-state index contributed by atoms with van der Waals surface area (Å²) in [5.41, 5.74) is 0.425. The Kier molecular flexibility index (Phi) is 6.29. The standard InChI is InChI=1S/C20H29FN2O2/c1-2-3-13-25-19-9-8-16(14-18(19)21)20(24)23-12-6-7-17(23)15-22-10-4-5-11-22/h8-9,14,17H,2-7,10-13,15H2,1H3/t17-/m0/s1. The molecule has 0 saturated carbocycles. The average Bonchev–Trinajstić information content (AvgIpc) is 3.28. The maximum Gasteiger partial charge on any atom is 0.254 e. The van der Waals surface area contributed by atoms with Crippen molar-refractivity contribution in [2.24, 2.45) is 0 Å². The van der Waals surface area contributed by atoms with Crippen molar-refractivity contribution in [3.05, 3.63) is 29.6 Å². The molecular weight excluding hydrogens is 319 g/mol. The van der Waals surface area contributed by atoms with Gasteiger partial charge < -0.3 is 14.5 Å². The highest BCUT2D eigenvalue weighted by atomic mass is 19.1. The summed E-state index contributed by atoms with van der Waals surface area (Å²) in [6.07, 6.45) is 6.49. The fraction of sp³-hybridized carbons (Fsp3) is 0.650. The molecule has 0 aromatic heterocycles. The Morgan fingerprint density at radius 2 is 2.04 bits per heavy atom. The van der Waals surface area contributed by atoms with Gasteiger partial charge in [-0.05, 0) is 63.4 Å². The topological polar surface area (TPSA) is 32.8 Å². The molecule has 4 nitrogen and oxygen atoms in total. The van der Waals surface area contributed by atoms with Crippen LogP contribution in [0.15, 0.2) is 18.2 Å². The van der Waals surface area contributed by atoms with Crippen molar-refractivity contribution in [3.8, 4) is 5.75 Å². The fourth-order valence-electron chi connectivity index (χ4n) is 3.80. The Morgan fingerprint density at radius 3 is 2.76 bits per heavy atom. The van der Waals surface area contributed by atoms with Gasteiger partial charge in [-0.15, -0.1) is 0 Å². The molecule has 5 heteroatoms. The largest absolute Gasteiger partial charge is 0.491 e. The number of halogens is 1. The van der Waals surface area contributed by atoms with Gasteiger partial charge in [-0.2, -0.15) is 0 Å². The molecule has 0 bridgehead atoms. The first kappa shape index (κ1) is 18.2. The van der Waals surface area contributed by atoms with E-state index in [1.54, 1.807) is 12.1 Å². The van der Waals surface area contributed by atoms with Crippen LogP contribution in [-0.2, 0) is 0 Å². The SMILES string of the molecule is CCCCOc1ccc(C(=O)N2CCC[C@H]2CN2CCCC2)cc1F. The third-order valence-electron chi connectivity index (χ3n) is 5.24. The molecule has 0 N–H and O–H groups in total. The molecule has 0 spiro atoms. The number of hydrogen-bond acceptors (Lipinski definition) is 3. The minimum Gasteiger partial charge on any atom is -0.491 e. The van der Waals surface area contributed by atoms with Crippen LogP contribution in [0.3, 0.4) is 0 Å². The summed E-state index contributed by atoms with van der Waals surface area (Å²) in [6, 6.07) is 4.87. The van der Waals surface area contributed by atoms with Gasteiger partial charge in [-0.25, -0.2) is 4.39 Å². The van der Waals surface area contributed by atoms with Crippen LogP contribution in [0.4, 0.5) is 4.39 Å². The van der Waals surface area contributed by atoms with Gasteiger partial charge in [-0.3, -0.25) is 4.79 Å². The van der Waals surface area contributed by atoms with Crippen molar-refractivity contribution in [1.29, 1.82) is 0 Å². The van der Waals surface area contributed by atoms with Crippen molar-refractivity contribution in [3.63, 3.8) is 0 Å². The molecule has 2 aliphatic heterocycles. The molecule has 25 heavy (non-hydrogen) atoms. The lowest BCUT2D eigenvalue weighted by atomic mass is 10.1. The zero-order valence-corrected chi connectivity index (χ0v) is 15.2. The zero-order chi connectivity index (χ0) is 17.6. The quantitative estimate of drug-likeness (QED) is 0.704. The van der Waals surface area contributed by atoms with E-state index in [9.17, 15) is 9.18 Å². The van der Waals surface area contributed by atoms with Crippen LogP contribution in [0.2, 0.25) is 0 Å². The average molecular weight is 348 g/mol. The molecule has 2 heterocycles. The molecule has 1 aromatic rings. The van der Waals surface area contributed by atoms with E-state index in [1.807, 2.05) is 4.90 Å². The summed E-state index contributed by atoms with van der Waals surface area (Å²) in [5, 5.41) is 0. The van der Waals surface area contributed by atoms with Gasteiger partial charge in [0.05, 0.1) is 6.61 Å². The van der Waals surface area contributed by atoms with E-state index >= 15 is 0 Å². The van der Waals surface area contributed by atoms with Gasteiger partial charge in [0, 0.05) is 24.7 Å². The molecule has 0 radical (unpaired) electrons. The molecule has 1 aromatic carbocycles. The van der Waals surface area contributed by atoms with Crippen LogP contribution in [0.1, 0.15) is 55.8 Å². The maximum atomic E-state index is 14.2. The minimum atomic E-state index is -0.447. The van der Waals surface area contributed by atoms with Crippen LogP contribution in [0.5, 0.6) is 5.75 Å². The molecule has 0 unspecified atom stereocenters. The Morgan fingerprint density at radius 1 is 1.24 bits per heavy atom. The number of hydrogen-bond donors (Lipinski definition) is 0. The number of carbonyl (C=O) groups is 1. The van der Waals surface area contributed by atoms with Gasteiger partial charge >= 0.3 is 0 Å². The fourth-order valence-corrected chi connectivity index (χ4v) is 3.80. The van der Waals surface area contributed by atoms with Crippen LogP contribution in [0.25, 0.3) is 0 Å². The van der Waals surface area contributed by atoms with E-state index in [1.165, 1.54) is 18.9 Å². The summed E-state index contributed by atoms with van der Waals surface area (Å²) in [7, 11) is 0. The number of likely N-dealkylation sites (tertiary alicyclic amines) is 2. The van der Waals surface area contributed by atoms with Gasteiger partial charge in [0.15, 0.2) is 11.6 Å². The Labute approximate surface area is 149 Å². The summed E-state index contributed by atoms with van der Waals surface area (Å²) in [5.74, 6) is -0.266. The van der Waals surface area contributed by atoms with Gasteiger partial charge in [0.1, 0.15) is 0 Å². The van der Waals surface area contributed by atoms with Gasteiger partial charge in [-0.1, -0.05) is 13.3 Å².